The number of hydrogen-bond donors (Lipinski definition) is 1. The van der Waals surface area contributed by atoms with Crippen LogP contribution in [0.1, 0.15) is 42.1 Å². The van der Waals surface area contributed by atoms with Crippen molar-refractivity contribution in [1.82, 2.24) is 10.3 Å². The van der Waals surface area contributed by atoms with Crippen molar-refractivity contribution in [2.45, 2.75) is 33.7 Å². The van der Waals surface area contributed by atoms with Crippen molar-refractivity contribution < 1.29 is 4.74 Å². The number of aryl methyl sites for hydroxylation is 2. The van der Waals surface area contributed by atoms with E-state index in [2.05, 4.69) is 55.3 Å². The Morgan fingerprint density at radius 2 is 1.86 bits per heavy atom. The summed E-state index contributed by atoms with van der Waals surface area (Å²) in [5, 5.41) is 3.54. The second kappa shape index (κ2) is 7.23. The number of benzene rings is 1. The fraction of sp³-hybridized carbons (Fsp3) is 0.389. The van der Waals surface area contributed by atoms with Crippen molar-refractivity contribution in [2.24, 2.45) is 0 Å². The maximum absolute atomic E-state index is 5.56. The second-order valence-electron chi connectivity index (χ2n) is 5.22. The van der Waals surface area contributed by atoms with E-state index in [9.17, 15) is 0 Å². The van der Waals surface area contributed by atoms with Crippen LogP contribution < -0.4 is 10.1 Å². The van der Waals surface area contributed by atoms with Gasteiger partial charge in [-0.25, -0.2) is 0 Å². The molecule has 1 N–H and O–H groups in total. The van der Waals surface area contributed by atoms with E-state index in [1.807, 2.05) is 13.1 Å². The Kier molecular flexibility index (Phi) is 5.34. The van der Waals surface area contributed by atoms with E-state index in [1.165, 1.54) is 16.7 Å². The van der Waals surface area contributed by atoms with E-state index in [0.717, 1.165) is 17.9 Å². The Morgan fingerprint density at radius 1 is 1.05 bits per heavy atom. The zero-order valence-corrected chi connectivity index (χ0v) is 13.3. The predicted octanol–water partition coefficient (Wildman–Crippen LogP) is 3.80. The molecular weight excluding hydrogens is 260 g/mol. The number of nitrogens with one attached hydrogen (secondary N) is 1. The van der Waals surface area contributed by atoms with E-state index < -0.39 is 0 Å². The molecule has 0 bridgehead atoms. The third kappa shape index (κ3) is 3.82. The van der Waals surface area contributed by atoms with Crippen molar-refractivity contribution in [2.75, 3.05) is 13.2 Å². The largest absolute Gasteiger partial charge is 0.492 e. The number of ether oxygens (including phenoxy) is 1. The average molecular weight is 284 g/mol. The van der Waals surface area contributed by atoms with E-state index in [-0.39, 0.29) is 6.04 Å². The zero-order valence-electron chi connectivity index (χ0n) is 13.3. The van der Waals surface area contributed by atoms with Crippen LogP contribution >= 0.6 is 0 Å². The van der Waals surface area contributed by atoms with Gasteiger partial charge in [0, 0.05) is 6.20 Å². The van der Waals surface area contributed by atoms with E-state index in [4.69, 9.17) is 4.74 Å². The molecule has 0 amide bonds. The van der Waals surface area contributed by atoms with Crippen LogP contribution in [0.5, 0.6) is 5.75 Å². The number of nitrogens with zero attached hydrogens (tertiary/aromatic N) is 1. The number of aromatic nitrogens is 1. The van der Waals surface area contributed by atoms with Crippen LogP contribution in [0.3, 0.4) is 0 Å². The quantitative estimate of drug-likeness (QED) is 0.876. The van der Waals surface area contributed by atoms with Gasteiger partial charge in [-0.15, -0.1) is 0 Å². The third-order valence-corrected chi connectivity index (χ3v) is 3.65. The lowest BCUT2D eigenvalue weighted by Gasteiger charge is -2.20. The van der Waals surface area contributed by atoms with Crippen LogP contribution in [0.4, 0.5) is 0 Å². The van der Waals surface area contributed by atoms with Gasteiger partial charge in [0.1, 0.15) is 5.75 Å². The predicted molar refractivity (Wildman–Crippen MR) is 86.8 cm³/mol. The molecule has 112 valence electrons. The SMILES string of the molecule is CCNC(c1cncc(OCC)c1)c1ccc(C)c(C)c1. The van der Waals surface area contributed by atoms with Gasteiger partial charge in [-0.1, -0.05) is 25.1 Å². The van der Waals surface area contributed by atoms with Gasteiger partial charge in [-0.3, -0.25) is 4.98 Å². The van der Waals surface area contributed by atoms with Crippen LogP contribution in [-0.4, -0.2) is 18.1 Å². The maximum atomic E-state index is 5.56. The van der Waals surface area contributed by atoms with Crippen LogP contribution in [0.25, 0.3) is 0 Å². The molecule has 0 radical (unpaired) electrons. The Labute approximate surface area is 127 Å². The van der Waals surface area contributed by atoms with Crippen molar-refractivity contribution in [1.29, 1.82) is 0 Å². The summed E-state index contributed by atoms with van der Waals surface area (Å²) in [6, 6.07) is 8.81. The van der Waals surface area contributed by atoms with Gasteiger partial charge in [0.2, 0.25) is 0 Å². The summed E-state index contributed by atoms with van der Waals surface area (Å²) < 4.78 is 5.56. The standard InChI is InChI=1S/C18H24N2O/c1-5-20-18(15-8-7-13(3)14(4)9-15)16-10-17(21-6-2)12-19-11-16/h7-12,18,20H,5-6H2,1-4H3. The summed E-state index contributed by atoms with van der Waals surface area (Å²) in [4.78, 5) is 4.31. The van der Waals surface area contributed by atoms with Gasteiger partial charge < -0.3 is 10.1 Å². The fourth-order valence-electron chi connectivity index (χ4n) is 2.42. The molecule has 0 spiro atoms. The molecule has 0 aliphatic rings. The monoisotopic (exact) mass is 284 g/mol. The fourth-order valence-corrected chi connectivity index (χ4v) is 2.42. The first-order chi connectivity index (χ1) is 10.2. The van der Waals surface area contributed by atoms with Gasteiger partial charge in [0.05, 0.1) is 18.8 Å². The smallest absolute Gasteiger partial charge is 0.137 e. The molecular formula is C18H24N2O. The first kappa shape index (κ1) is 15.5. The second-order valence-corrected chi connectivity index (χ2v) is 5.22. The van der Waals surface area contributed by atoms with Gasteiger partial charge in [-0.05, 0) is 55.6 Å². The number of pyridine rings is 1. The van der Waals surface area contributed by atoms with Crippen LogP contribution in [0, 0.1) is 13.8 Å². The van der Waals surface area contributed by atoms with Crippen LogP contribution in [0.2, 0.25) is 0 Å². The highest BCUT2D eigenvalue weighted by molar-refractivity contribution is 5.38. The Morgan fingerprint density at radius 3 is 2.52 bits per heavy atom. The lowest BCUT2D eigenvalue weighted by Crippen LogP contribution is -2.22. The molecule has 1 atom stereocenters. The Bertz CT molecular complexity index is 596. The summed E-state index contributed by atoms with van der Waals surface area (Å²) in [5.74, 6) is 0.821. The highest BCUT2D eigenvalue weighted by atomic mass is 16.5. The summed E-state index contributed by atoms with van der Waals surface area (Å²) in [6.07, 6.45) is 3.67. The Balaban J connectivity index is 2.37. The van der Waals surface area contributed by atoms with Gasteiger partial charge in [0.25, 0.3) is 0 Å². The van der Waals surface area contributed by atoms with Crippen molar-refractivity contribution in [3.8, 4) is 5.75 Å². The van der Waals surface area contributed by atoms with Crippen molar-refractivity contribution in [3.05, 3.63) is 58.9 Å². The topological polar surface area (TPSA) is 34.2 Å². The summed E-state index contributed by atoms with van der Waals surface area (Å²) in [6.45, 7) is 9.94. The maximum Gasteiger partial charge on any atom is 0.137 e. The number of hydrogen-bond acceptors (Lipinski definition) is 3. The first-order valence-corrected chi connectivity index (χ1v) is 7.54. The molecule has 0 saturated carbocycles. The molecule has 1 aromatic carbocycles. The van der Waals surface area contributed by atoms with Gasteiger partial charge >= 0.3 is 0 Å². The lowest BCUT2D eigenvalue weighted by atomic mass is 9.96. The van der Waals surface area contributed by atoms with Gasteiger partial charge in [-0.2, -0.15) is 0 Å². The molecule has 2 aromatic rings. The van der Waals surface area contributed by atoms with Crippen LogP contribution in [-0.2, 0) is 0 Å². The molecule has 21 heavy (non-hydrogen) atoms. The molecule has 1 heterocycles. The highest BCUT2D eigenvalue weighted by Gasteiger charge is 2.14. The van der Waals surface area contributed by atoms with E-state index in [0.29, 0.717) is 6.61 Å². The zero-order chi connectivity index (χ0) is 15.2. The summed E-state index contributed by atoms with van der Waals surface area (Å²) in [5.41, 5.74) is 5.01. The minimum absolute atomic E-state index is 0.141. The molecule has 2 rings (SSSR count). The molecule has 0 fully saturated rings. The molecule has 1 unspecified atom stereocenters. The van der Waals surface area contributed by atoms with Crippen molar-refractivity contribution >= 4 is 0 Å². The lowest BCUT2D eigenvalue weighted by molar-refractivity contribution is 0.338. The van der Waals surface area contributed by atoms with E-state index >= 15 is 0 Å². The summed E-state index contributed by atoms with van der Waals surface area (Å²) >= 11 is 0. The Hall–Kier alpha value is -1.87. The normalized spacial score (nSPS) is 12.2. The molecule has 0 aliphatic carbocycles. The number of rotatable bonds is 6. The molecule has 0 aliphatic heterocycles. The summed E-state index contributed by atoms with van der Waals surface area (Å²) in [7, 11) is 0. The molecule has 3 nitrogen and oxygen atoms in total. The third-order valence-electron chi connectivity index (χ3n) is 3.65. The minimum atomic E-state index is 0.141. The minimum Gasteiger partial charge on any atom is -0.492 e. The van der Waals surface area contributed by atoms with Crippen molar-refractivity contribution in [3.63, 3.8) is 0 Å². The molecule has 0 saturated heterocycles. The molecule has 3 heteroatoms. The van der Waals surface area contributed by atoms with Crippen LogP contribution in [0.15, 0.2) is 36.7 Å². The van der Waals surface area contributed by atoms with E-state index in [1.54, 1.807) is 6.20 Å². The molecule has 1 aromatic heterocycles. The van der Waals surface area contributed by atoms with Gasteiger partial charge in [0.15, 0.2) is 0 Å². The first-order valence-electron chi connectivity index (χ1n) is 7.54. The average Bonchev–Trinajstić information content (AvgIpc) is 2.48. The highest BCUT2D eigenvalue weighted by Crippen LogP contribution is 2.25.